The topological polar surface area (TPSA) is 48.0 Å². The predicted molar refractivity (Wildman–Crippen MR) is 117 cm³/mol. The zero-order valence-electron chi connectivity index (χ0n) is 17.0. The van der Waals surface area contributed by atoms with Crippen molar-refractivity contribution < 1.29 is 4.79 Å². The number of hydrogen-bond donors (Lipinski definition) is 1. The van der Waals surface area contributed by atoms with Crippen molar-refractivity contribution in [2.75, 3.05) is 0 Å². The van der Waals surface area contributed by atoms with Crippen molar-refractivity contribution in [3.63, 3.8) is 0 Å². The fourth-order valence-corrected chi connectivity index (χ4v) is 4.85. The number of benzene rings is 2. The van der Waals surface area contributed by atoms with Gasteiger partial charge in [0.2, 0.25) is 5.91 Å². The molecule has 28 heavy (non-hydrogen) atoms. The van der Waals surface area contributed by atoms with E-state index in [4.69, 9.17) is 5.73 Å². The molecule has 0 aliphatic heterocycles. The number of aromatic nitrogens is 1. The van der Waals surface area contributed by atoms with E-state index in [0.29, 0.717) is 11.5 Å². The zero-order chi connectivity index (χ0) is 19.5. The van der Waals surface area contributed by atoms with E-state index < -0.39 is 0 Å². The number of carbonyl (C=O) groups is 1. The maximum atomic E-state index is 12.1. The molecule has 1 amide bonds. The summed E-state index contributed by atoms with van der Waals surface area (Å²) < 4.78 is 2.44. The Bertz CT molecular complexity index is 979. The molecule has 0 spiro atoms. The van der Waals surface area contributed by atoms with Crippen LogP contribution in [0.2, 0.25) is 0 Å². The van der Waals surface area contributed by atoms with Gasteiger partial charge in [0.1, 0.15) is 0 Å². The molecular formula is C25H31N2O. The summed E-state index contributed by atoms with van der Waals surface area (Å²) in [5.41, 5.74) is 10.0. The number of amides is 1. The zero-order valence-corrected chi connectivity index (χ0v) is 17.0. The molecule has 4 rings (SSSR count). The van der Waals surface area contributed by atoms with Crippen LogP contribution < -0.4 is 5.73 Å². The third kappa shape index (κ3) is 3.67. The van der Waals surface area contributed by atoms with E-state index in [1.165, 1.54) is 62.4 Å². The fraction of sp³-hybridized carbons (Fsp3) is 0.480. The quantitative estimate of drug-likeness (QED) is 0.505. The molecule has 1 aliphatic carbocycles. The second-order valence-corrected chi connectivity index (χ2v) is 8.40. The number of carbonyl (C=O) groups excluding carboxylic acids is 1. The SMILES string of the molecule is CCCCCc1c[c]c2c3c(C(N)=O)cccc3n(CC3CCCCC3)c2c1. The molecule has 2 N–H and O–H groups in total. The van der Waals surface area contributed by atoms with E-state index in [1.807, 2.05) is 12.1 Å². The molecule has 1 aromatic heterocycles. The van der Waals surface area contributed by atoms with Crippen molar-refractivity contribution in [3.05, 3.63) is 47.5 Å². The molecule has 1 radical (unpaired) electrons. The summed E-state index contributed by atoms with van der Waals surface area (Å²) in [6.45, 7) is 3.26. The van der Waals surface area contributed by atoms with E-state index in [-0.39, 0.29) is 5.91 Å². The molecule has 1 fully saturated rings. The number of aryl methyl sites for hydroxylation is 1. The van der Waals surface area contributed by atoms with Crippen LogP contribution in [0.25, 0.3) is 21.8 Å². The number of fused-ring (bicyclic) bond motifs is 3. The molecule has 147 valence electrons. The lowest BCUT2D eigenvalue weighted by atomic mass is 9.89. The van der Waals surface area contributed by atoms with Crippen LogP contribution in [0.5, 0.6) is 0 Å². The number of nitrogens with two attached hydrogens (primary N) is 1. The number of unbranched alkanes of at least 4 members (excludes halogenated alkanes) is 2. The third-order valence-electron chi connectivity index (χ3n) is 6.35. The van der Waals surface area contributed by atoms with E-state index in [2.05, 4.69) is 35.8 Å². The second kappa shape index (κ2) is 8.38. The Morgan fingerprint density at radius 3 is 2.75 bits per heavy atom. The molecule has 1 aliphatic rings. The molecule has 0 bridgehead atoms. The molecular weight excluding hydrogens is 344 g/mol. The first-order valence-corrected chi connectivity index (χ1v) is 10.9. The van der Waals surface area contributed by atoms with Crippen molar-refractivity contribution in [3.8, 4) is 0 Å². The molecule has 2 aromatic carbocycles. The van der Waals surface area contributed by atoms with Crippen LogP contribution in [0.15, 0.2) is 30.3 Å². The van der Waals surface area contributed by atoms with Crippen molar-refractivity contribution in [2.45, 2.75) is 71.3 Å². The Hall–Kier alpha value is -2.29. The van der Waals surface area contributed by atoms with Gasteiger partial charge >= 0.3 is 0 Å². The van der Waals surface area contributed by atoms with Gasteiger partial charge in [-0.05, 0) is 61.4 Å². The molecule has 1 heterocycles. The van der Waals surface area contributed by atoms with Crippen LogP contribution in [0, 0.1) is 12.0 Å². The number of hydrogen-bond acceptors (Lipinski definition) is 1. The van der Waals surface area contributed by atoms with Crippen molar-refractivity contribution in [1.29, 1.82) is 0 Å². The molecule has 3 aromatic rings. The first-order valence-electron chi connectivity index (χ1n) is 10.9. The molecule has 0 saturated heterocycles. The molecule has 3 nitrogen and oxygen atoms in total. The maximum Gasteiger partial charge on any atom is 0.249 e. The van der Waals surface area contributed by atoms with Gasteiger partial charge in [-0.15, -0.1) is 0 Å². The summed E-state index contributed by atoms with van der Waals surface area (Å²) in [4.78, 5) is 12.1. The lowest BCUT2D eigenvalue weighted by Crippen LogP contribution is -2.14. The average Bonchev–Trinajstić information content (AvgIpc) is 3.02. The van der Waals surface area contributed by atoms with Gasteiger partial charge in [-0.2, -0.15) is 0 Å². The largest absolute Gasteiger partial charge is 0.366 e. The third-order valence-corrected chi connectivity index (χ3v) is 6.35. The Morgan fingerprint density at radius 1 is 1.18 bits per heavy atom. The van der Waals surface area contributed by atoms with Crippen LogP contribution in [0.4, 0.5) is 0 Å². The monoisotopic (exact) mass is 375 g/mol. The minimum absolute atomic E-state index is 0.359. The van der Waals surface area contributed by atoms with Gasteiger partial charge in [-0.25, -0.2) is 0 Å². The van der Waals surface area contributed by atoms with Gasteiger partial charge < -0.3 is 10.3 Å². The first-order chi connectivity index (χ1) is 13.7. The van der Waals surface area contributed by atoms with Crippen LogP contribution >= 0.6 is 0 Å². The predicted octanol–water partition coefficient (Wildman–Crippen LogP) is 6.01. The van der Waals surface area contributed by atoms with Gasteiger partial charge in [0.25, 0.3) is 0 Å². The highest BCUT2D eigenvalue weighted by atomic mass is 16.1. The normalized spacial score (nSPS) is 15.5. The molecule has 0 atom stereocenters. The molecule has 0 unspecified atom stereocenters. The molecule has 3 heteroatoms. The lowest BCUT2D eigenvalue weighted by molar-refractivity contribution is 0.100. The lowest BCUT2D eigenvalue weighted by Gasteiger charge is -2.23. The number of rotatable bonds is 7. The van der Waals surface area contributed by atoms with Gasteiger partial charge in [0, 0.05) is 28.4 Å². The standard InChI is InChI=1S/C25H31N2O/c1-2-3-5-9-18-14-15-20-23(16-18)27(17-19-10-6-4-7-11-19)22-13-8-12-21(24(20)22)25(26)28/h8,12-14,16,19H,2-7,9-11,17H2,1H3,(H2,26,28). The summed E-state index contributed by atoms with van der Waals surface area (Å²) in [5.74, 6) is 0.358. The fourth-order valence-electron chi connectivity index (χ4n) is 4.85. The van der Waals surface area contributed by atoms with Crippen molar-refractivity contribution >= 4 is 27.7 Å². The summed E-state index contributed by atoms with van der Waals surface area (Å²) in [6, 6.07) is 13.9. The van der Waals surface area contributed by atoms with E-state index in [0.717, 1.165) is 29.3 Å². The van der Waals surface area contributed by atoms with Gasteiger partial charge in [-0.1, -0.05) is 51.2 Å². The smallest absolute Gasteiger partial charge is 0.249 e. The Balaban J connectivity index is 1.84. The maximum absolute atomic E-state index is 12.1. The van der Waals surface area contributed by atoms with E-state index in [9.17, 15) is 4.79 Å². The summed E-state index contributed by atoms with van der Waals surface area (Å²) >= 11 is 0. The summed E-state index contributed by atoms with van der Waals surface area (Å²) in [7, 11) is 0. The highest BCUT2D eigenvalue weighted by molar-refractivity contribution is 6.17. The number of nitrogens with zero attached hydrogens (tertiary/aromatic N) is 1. The summed E-state index contributed by atoms with van der Waals surface area (Å²) in [5, 5.41) is 2.01. The van der Waals surface area contributed by atoms with Gasteiger partial charge in [-0.3, -0.25) is 4.79 Å². The Morgan fingerprint density at radius 2 is 2.00 bits per heavy atom. The number of primary amides is 1. The minimum Gasteiger partial charge on any atom is -0.366 e. The van der Waals surface area contributed by atoms with Crippen molar-refractivity contribution in [2.24, 2.45) is 11.7 Å². The average molecular weight is 376 g/mol. The minimum atomic E-state index is -0.359. The molecule has 1 saturated carbocycles. The summed E-state index contributed by atoms with van der Waals surface area (Å²) in [6.07, 6.45) is 11.4. The highest BCUT2D eigenvalue weighted by Crippen LogP contribution is 2.35. The van der Waals surface area contributed by atoms with Crippen LogP contribution in [0.3, 0.4) is 0 Å². The van der Waals surface area contributed by atoms with Crippen molar-refractivity contribution in [1.82, 2.24) is 4.57 Å². The van der Waals surface area contributed by atoms with Gasteiger partial charge in [0.15, 0.2) is 0 Å². The van der Waals surface area contributed by atoms with Gasteiger partial charge in [0.05, 0.1) is 5.52 Å². The van der Waals surface area contributed by atoms with Crippen LogP contribution in [0.1, 0.15) is 74.2 Å². The Labute approximate surface area is 167 Å². The highest BCUT2D eigenvalue weighted by Gasteiger charge is 2.20. The van der Waals surface area contributed by atoms with Crippen LogP contribution in [-0.2, 0) is 13.0 Å². The van der Waals surface area contributed by atoms with Crippen LogP contribution in [-0.4, -0.2) is 10.5 Å². The van der Waals surface area contributed by atoms with E-state index in [1.54, 1.807) is 0 Å². The first kappa shape index (κ1) is 19.0. The van der Waals surface area contributed by atoms with E-state index >= 15 is 0 Å². The second-order valence-electron chi connectivity index (χ2n) is 8.40. The Kier molecular flexibility index (Phi) is 5.70.